The van der Waals surface area contributed by atoms with Gasteiger partial charge in [-0.05, 0) is 56.5 Å². The van der Waals surface area contributed by atoms with E-state index in [9.17, 15) is 4.79 Å². The van der Waals surface area contributed by atoms with Crippen molar-refractivity contribution in [2.45, 2.75) is 33.2 Å². The molecular formula is C21H27N3O3. The van der Waals surface area contributed by atoms with Crippen LogP contribution in [0.15, 0.2) is 36.5 Å². The fourth-order valence-electron chi connectivity index (χ4n) is 3.13. The average molecular weight is 369 g/mol. The van der Waals surface area contributed by atoms with Crippen molar-refractivity contribution in [3.63, 3.8) is 0 Å². The molecule has 1 amide bonds. The summed E-state index contributed by atoms with van der Waals surface area (Å²) in [6, 6.07) is 9.29. The van der Waals surface area contributed by atoms with Crippen LogP contribution in [0.1, 0.15) is 42.6 Å². The topological polar surface area (TPSA) is 63.7 Å². The van der Waals surface area contributed by atoms with Gasteiger partial charge in [0, 0.05) is 31.4 Å². The molecule has 27 heavy (non-hydrogen) atoms. The minimum atomic E-state index is -0.150. The smallest absolute Gasteiger partial charge is 0.251 e. The molecule has 1 N–H and O–H groups in total. The predicted molar refractivity (Wildman–Crippen MR) is 106 cm³/mol. The minimum absolute atomic E-state index is 0.150. The van der Waals surface area contributed by atoms with Gasteiger partial charge in [-0.25, -0.2) is 4.98 Å². The molecule has 1 aromatic heterocycles. The molecule has 0 radical (unpaired) electrons. The van der Waals surface area contributed by atoms with Crippen LogP contribution >= 0.6 is 0 Å². The standard InChI is InChI=1S/C21H27N3O3/c1-3-26-18-9-8-17(13-19(18)27-4-2)21(25)23-15-16-7-10-20(22-14-16)24-11-5-6-12-24/h7-10,13-14H,3-6,11-12,15H2,1-2H3,(H,23,25). The van der Waals surface area contributed by atoms with Crippen molar-refractivity contribution in [3.8, 4) is 11.5 Å². The lowest BCUT2D eigenvalue weighted by Crippen LogP contribution is -2.23. The lowest BCUT2D eigenvalue weighted by Gasteiger charge is -2.16. The largest absolute Gasteiger partial charge is 0.490 e. The fourth-order valence-corrected chi connectivity index (χ4v) is 3.13. The molecular weight excluding hydrogens is 342 g/mol. The average Bonchev–Trinajstić information content (AvgIpc) is 3.23. The number of hydrogen-bond donors (Lipinski definition) is 1. The highest BCUT2D eigenvalue weighted by molar-refractivity contribution is 5.94. The molecule has 0 unspecified atom stereocenters. The fraction of sp³-hybridized carbons (Fsp3) is 0.429. The molecule has 0 bridgehead atoms. The summed E-state index contributed by atoms with van der Waals surface area (Å²) in [4.78, 5) is 19.3. The van der Waals surface area contributed by atoms with Gasteiger partial charge in [-0.2, -0.15) is 0 Å². The van der Waals surface area contributed by atoms with Gasteiger partial charge in [0.1, 0.15) is 5.82 Å². The molecule has 6 nitrogen and oxygen atoms in total. The Kier molecular flexibility index (Phi) is 6.52. The van der Waals surface area contributed by atoms with E-state index in [0.717, 1.165) is 24.5 Å². The van der Waals surface area contributed by atoms with E-state index in [4.69, 9.17) is 9.47 Å². The van der Waals surface area contributed by atoms with E-state index in [1.807, 2.05) is 32.2 Å². The number of aromatic nitrogens is 1. The molecule has 3 rings (SSSR count). The molecule has 0 aliphatic carbocycles. The summed E-state index contributed by atoms with van der Waals surface area (Å²) in [7, 11) is 0. The van der Waals surface area contributed by atoms with E-state index in [-0.39, 0.29) is 5.91 Å². The Balaban J connectivity index is 1.60. The highest BCUT2D eigenvalue weighted by atomic mass is 16.5. The maximum atomic E-state index is 12.5. The Hall–Kier alpha value is -2.76. The van der Waals surface area contributed by atoms with Crippen molar-refractivity contribution in [2.75, 3.05) is 31.2 Å². The van der Waals surface area contributed by atoms with E-state index < -0.39 is 0 Å². The SMILES string of the molecule is CCOc1ccc(C(=O)NCc2ccc(N3CCCC3)nc2)cc1OCC. The first-order valence-corrected chi connectivity index (χ1v) is 9.59. The number of carbonyl (C=O) groups excluding carboxylic acids is 1. The second-order valence-electron chi connectivity index (χ2n) is 6.43. The Bertz CT molecular complexity index is 756. The highest BCUT2D eigenvalue weighted by Crippen LogP contribution is 2.28. The highest BCUT2D eigenvalue weighted by Gasteiger charge is 2.14. The van der Waals surface area contributed by atoms with Gasteiger partial charge >= 0.3 is 0 Å². The van der Waals surface area contributed by atoms with Crippen LogP contribution in [-0.2, 0) is 6.54 Å². The number of hydrogen-bond acceptors (Lipinski definition) is 5. The number of carbonyl (C=O) groups is 1. The van der Waals surface area contributed by atoms with Crippen LogP contribution in [0.3, 0.4) is 0 Å². The van der Waals surface area contributed by atoms with E-state index >= 15 is 0 Å². The first-order valence-electron chi connectivity index (χ1n) is 9.59. The number of nitrogens with one attached hydrogen (secondary N) is 1. The van der Waals surface area contributed by atoms with Crippen LogP contribution in [0.5, 0.6) is 11.5 Å². The normalized spacial score (nSPS) is 13.5. The monoisotopic (exact) mass is 369 g/mol. The van der Waals surface area contributed by atoms with Crippen molar-refractivity contribution in [3.05, 3.63) is 47.7 Å². The molecule has 1 aromatic carbocycles. The summed E-state index contributed by atoms with van der Waals surface area (Å²) in [5, 5.41) is 2.94. The molecule has 1 aliphatic rings. The maximum absolute atomic E-state index is 12.5. The summed E-state index contributed by atoms with van der Waals surface area (Å²) in [5.41, 5.74) is 1.52. The number of rotatable bonds is 8. The van der Waals surface area contributed by atoms with Crippen molar-refractivity contribution in [1.82, 2.24) is 10.3 Å². The first kappa shape index (κ1) is 19.0. The van der Waals surface area contributed by atoms with Crippen molar-refractivity contribution in [1.29, 1.82) is 0 Å². The number of nitrogens with zero attached hydrogens (tertiary/aromatic N) is 2. The third-order valence-electron chi connectivity index (χ3n) is 4.50. The van der Waals surface area contributed by atoms with Gasteiger partial charge in [0.25, 0.3) is 5.91 Å². The van der Waals surface area contributed by atoms with Gasteiger partial charge in [-0.1, -0.05) is 6.07 Å². The molecule has 6 heteroatoms. The number of anilines is 1. The van der Waals surface area contributed by atoms with Gasteiger partial charge in [0.05, 0.1) is 13.2 Å². The summed E-state index contributed by atoms with van der Waals surface area (Å²) in [5.74, 6) is 2.10. The zero-order chi connectivity index (χ0) is 19.1. The molecule has 1 aliphatic heterocycles. The Morgan fingerprint density at radius 1 is 1.07 bits per heavy atom. The van der Waals surface area contributed by atoms with Crippen LogP contribution in [0, 0.1) is 0 Å². The third kappa shape index (κ3) is 4.90. The van der Waals surface area contributed by atoms with Crippen molar-refractivity contribution >= 4 is 11.7 Å². The summed E-state index contributed by atoms with van der Waals surface area (Å²) < 4.78 is 11.1. The second-order valence-corrected chi connectivity index (χ2v) is 6.43. The number of pyridine rings is 1. The lowest BCUT2D eigenvalue weighted by molar-refractivity contribution is 0.0950. The van der Waals surface area contributed by atoms with E-state index in [0.29, 0.717) is 36.8 Å². The minimum Gasteiger partial charge on any atom is -0.490 e. The molecule has 144 valence electrons. The molecule has 2 aromatic rings. The van der Waals surface area contributed by atoms with Crippen LogP contribution in [0.4, 0.5) is 5.82 Å². The van der Waals surface area contributed by atoms with Crippen molar-refractivity contribution < 1.29 is 14.3 Å². The van der Waals surface area contributed by atoms with Crippen LogP contribution < -0.4 is 19.7 Å². The van der Waals surface area contributed by atoms with Gasteiger partial charge in [-0.3, -0.25) is 4.79 Å². The van der Waals surface area contributed by atoms with Crippen molar-refractivity contribution in [2.24, 2.45) is 0 Å². The van der Waals surface area contributed by atoms with E-state index in [1.54, 1.807) is 18.2 Å². The molecule has 0 spiro atoms. The molecule has 0 atom stereocenters. The third-order valence-corrected chi connectivity index (χ3v) is 4.50. The molecule has 0 saturated carbocycles. The van der Waals surface area contributed by atoms with Gasteiger partial charge < -0.3 is 19.7 Å². The van der Waals surface area contributed by atoms with Crippen LogP contribution in [-0.4, -0.2) is 37.2 Å². The Labute approximate surface area is 160 Å². The number of benzene rings is 1. The summed E-state index contributed by atoms with van der Waals surface area (Å²) in [6.07, 6.45) is 4.29. The Morgan fingerprint density at radius 3 is 2.48 bits per heavy atom. The zero-order valence-electron chi connectivity index (χ0n) is 16.0. The molecule has 1 saturated heterocycles. The van der Waals surface area contributed by atoms with Gasteiger partial charge in [-0.15, -0.1) is 0 Å². The predicted octanol–water partition coefficient (Wildman–Crippen LogP) is 3.41. The maximum Gasteiger partial charge on any atom is 0.251 e. The van der Waals surface area contributed by atoms with E-state index in [1.165, 1.54) is 12.8 Å². The second kappa shape index (κ2) is 9.26. The van der Waals surface area contributed by atoms with Gasteiger partial charge in [0.15, 0.2) is 11.5 Å². The van der Waals surface area contributed by atoms with Crippen LogP contribution in [0.25, 0.3) is 0 Å². The van der Waals surface area contributed by atoms with E-state index in [2.05, 4.69) is 15.2 Å². The first-order chi connectivity index (χ1) is 13.2. The number of ether oxygens (including phenoxy) is 2. The summed E-state index contributed by atoms with van der Waals surface area (Å²) in [6.45, 7) is 7.46. The van der Waals surface area contributed by atoms with Crippen LogP contribution in [0.2, 0.25) is 0 Å². The zero-order valence-corrected chi connectivity index (χ0v) is 16.0. The molecule has 2 heterocycles. The number of amides is 1. The van der Waals surface area contributed by atoms with Gasteiger partial charge in [0.2, 0.25) is 0 Å². The quantitative estimate of drug-likeness (QED) is 0.773. The lowest BCUT2D eigenvalue weighted by atomic mass is 10.1. The summed E-state index contributed by atoms with van der Waals surface area (Å²) >= 11 is 0. The Morgan fingerprint density at radius 2 is 1.81 bits per heavy atom. The molecule has 1 fully saturated rings.